The van der Waals surface area contributed by atoms with E-state index in [1.54, 1.807) is 0 Å². The van der Waals surface area contributed by atoms with E-state index in [0.29, 0.717) is 6.17 Å². The van der Waals surface area contributed by atoms with Crippen molar-refractivity contribution in [3.8, 4) is 0 Å². The number of aromatic nitrogens is 2. The third-order valence-corrected chi connectivity index (χ3v) is 28.3. The number of anilines is 2. The first kappa shape index (κ1) is 64.4. The van der Waals surface area contributed by atoms with Crippen molar-refractivity contribution in [2.45, 2.75) is 230 Å². The summed E-state index contributed by atoms with van der Waals surface area (Å²) in [6.07, 6.45) is 5.38. The average molecular weight is 1150 g/mol. The van der Waals surface area contributed by atoms with E-state index in [1.807, 2.05) is 0 Å². The summed E-state index contributed by atoms with van der Waals surface area (Å²) in [5, 5.41) is 0. The SMILES string of the molecule is CC(C)(C)N1C(c2ccccc2)N(C(C)(C)C)[SiH]1Cl.CCCc1cccc(CCC)n1.CCN(c1cccc(N(CC)[SiH]2N(C(C)(C)C)C(c3ccccc3)N2C(C)(C)C)n1)[SiH]1N(C(C)(C)C)C(c2ccccc2)N1C(C)(C)C. The summed E-state index contributed by atoms with van der Waals surface area (Å²) in [5.41, 5.74) is 6.81. The van der Waals surface area contributed by atoms with Gasteiger partial charge < -0.3 is 9.13 Å². The molecule has 79 heavy (non-hydrogen) atoms. The van der Waals surface area contributed by atoms with Gasteiger partial charge in [-0.1, -0.05) is 130 Å². The zero-order valence-corrected chi connectivity index (χ0v) is 57.4. The molecule has 0 saturated carbocycles. The summed E-state index contributed by atoms with van der Waals surface area (Å²) in [5.74, 6) is 2.19. The van der Waals surface area contributed by atoms with Crippen LogP contribution in [0.1, 0.15) is 212 Å². The van der Waals surface area contributed by atoms with E-state index in [-0.39, 0.29) is 45.6 Å². The van der Waals surface area contributed by atoms with Crippen molar-refractivity contribution in [1.29, 1.82) is 0 Å². The highest BCUT2D eigenvalue weighted by Crippen LogP contribution is 2.51. The lowest BCUT2D eigenvalue weighted by atomic mass is 10.0. The van der Waals surface area contributed by atoms with Gasteiger partial charge in [0.2, 0.25) is 0 Å². The molecular formula is C65H105ClN10Si3. The summed E-state index contributed by atoms with van der Waals surface area (Å²) in [6, 6.07) is 46.0. The topological polar surface area (TPSA) is 51.7 Å². The summed E-state index contributed by atoms with van der Waals surface area (Å²) < 4.78 is 21.6. The second-order valence-electron chi connectivity index (χ2n) is 27.9. The van der Waals surface area contributed by atoms with Gasteiger partial charge >= 0.3 is 18.6 Å². The molecule has 0 radical (unpaired) electrons. The number of benzene rings is 3. The van der Waals surface area contributed by atoms with Crippen LogP contribution < -0.4 is 9.13 Å². The molecule has 3 aliphatic rings. The monoisotopic (exact) mass is 1140 g/mol. The zero-order chi connectivity index (χ0) is 58.6. The molecule has 0 unspecified atom stereocenters. The number of nitrogens with zero attached hydrogens (tertiary/aromatic N) is 10. The number of aryl methyl sites for hydroxylation is 2. The maximum atomic E-state index is 6.79. The molecule has 8 rings (SSSR count). The van der Waals surface area contributed by atoms with Crippen molar-refractivity contribution in [3.63, 3.8) is 0 Å². The minimum absolute atomic E-state index is 0.00530. The van der Waals surface area contributed by atoms with Gasteiger partial charge in [0, 0.05) is 57.7 Å². The molecular weight excluding hydrogens is 1040 g/mol. The second kappa shape index (κ2) is 25.8. The Kier molecular flexibility index (Phi) is 21.1. The number of hydrogen-bond acceptors (Lipinski definition) is 10. The first-order valence-electron chi connectivity index (χ1n) is 29.8. The van der Waals surface area contributed by atoms with Crippen LogP contribution in [0.2, 0.25) is 0 Å². The fourth-order valence-corrected chi connectivity index (χ4v) is 24.5. The van der Waals surface area contributed by atoms with Crippen LogP contribution in [0, 0.1) is 0 Å². The molecule has 2 aromatic heterocycles. The van der Waals surface area contributed by atoms with Crippen LogP contribution in [0.5, 0.6) is 0 Å². The second-order valence-corrected chi connectivity index (χ2v) is 35.6. The molecule has 0 atom stereocenters. The van der Waals surface area contributed by atoms with Crippen molar-refractivity contribution in [1.82, 2.24) is 37.4 Å². The molecule has 5 aromatic rings. The predicted octanol–water partition coefficient (Wildman–Crippen LogP) is 14.8. The fourth-order valence-electron chi connectivity index (χ4n) is 11.9. The van der Waals surface area contributed by atoms with E-state index in [2.05, 4.69) is 321 Å². The van der Waals surface area contributed by atoms with E-state index < -0.39 is 27.0 Å². The van der Waals surface area contributed by atoms with Crippen LogP contribution in [0.3, 0.4) is 0 Å². The maximum absolute atomic E-state index is 6.79. The Morgan fingerprint density at radius 2 is 0.633 bits per heavy atom. The fraction of sp³-hybridized carbons (Fsp3) is 0.569. The van der Waals surface area contributed by atoms with Gasteiger partial charge in [0.25, 0.3) is 8.43 Å². The molecule has 10 nitrogen and oxygen atoms in total. The van der Waals surface area contributed by atoms with Crippen molar-refractivity contribution in [2.24, 2.45) is 0 Å². The Hall–Kier alpha value is -3.74. The molecule has 0 spiro atoms. The van der Waals surface area contributed by atoms with Crippen LogP contribution in [-0.2, 0) is 12.8 Å². The Bertz CT molecular complexity index is 2460. The zero-order valence-electron chi connectivity index (χ0n) is 53.2. The third kappa shape index (κ3) is 14.7. The predicted molar refractivity (Wildman–Crippen MR) is 347 cm³/mol. The van der Waals surface area contributed by atoms with Crippen molar-refractivity contribution < 1.29 is 0 Å². The Labute approximate surface area is 491 Å². The van der Waals surface area contributed by atoms with Gasteiger partial charge in [0.05, 0.1) is 18.5 Å². The Balaban J connectivity index is 0.000000263. The molecule has 3 fully saturated rings. The molecule has 3 aliphatic heterocycles. The molecule has 3 aromatic carbocycles. The lowest BCUT2D eigenvalue weighted by molar-refractivity contribution is -0.0352. The van der Waals surface area contributed by atoms with Crippen LogP contribution in [0.4, 0.5) is 11.6 Å². The van der Waals surface area contributed by atoms with Gasteiger partial charge in [-0.25, -0.2) is 4.98 Å². The van der Waals surface area contributed by atoms with Crippen LogP contribution >= 0.6 is 11.1 Å². The molecule has 5 heterocycles. The number of pyridine rings is 2. The molecule has 0 amide bonds. The number of halogens is 1. The van der Waals surface area contributed by atoms with Crippen molar-refractivity contribution in [3.05, 3.63) is 155 Å². The lowest BCUT2D eigenvalue weighted by Gasteiger charge is -2.68. The first-order valence-corrected chi connectivity index (χ1v) is 35.6. The largest absolute Gasteiger partial charge is 0.360 e. The highest BCUT2D eigenvalue weighted by Gasteiger charge is 2.61. The van der Waals surface area contributed by atoms with Gasteiger partial charge in [-0.15, -0.1) is 11.1 Å². The first-order chi connectivity index (χ1) is 36.8. The molecule has 3 saturated heterocycles. The minimum Gasteiger partial charge on any atom is -0.360 e. The van der Waals surface area contributed by atoms with Gasteiger partial charge in [0.15, 0.2) is 0 Å². The van der Waals surface area contributed by atoms with E-state index in [0.717, 1.165) is 37.6 Å². The Morgan fingerprint density at radius 1 is 0.367 bits per heavy atom. The van der Waals surface area contributed by atoms with E-state index in [9.17, 15) is 0 Å². The van der Waals surface area contributed by atoms with Gasteiger partial charge in [-0.2, -0.15) is 0 Å². The van der Waals surface area contributed by atoms with Gasteiger partial charge in [0.1, 0.15) is 11.6 Å². The normalized spacial score (nSPS) is 22.1. The summed E-state index contributed by atoms with van der Waals surface area (Å²) in [6.45, 7) is 52.9. The molecule has 0 bridgehead atoms. The lowest BCUT2D eigenvalue weighted by Crippen LogP contribution is -2.83. The van der Waals surface area contributed by atoms with E-state index in [1.165, 1.54) is 40.9 Å². The molecule has 434 valence electrons. The van der Waals surface area contributed by atoms with Crippen LogP contribution in [-0.4, -0.2) is 111 Å². The Morgan fingerprint density at radius 3 is 0.886 bits per heavy atom. The van der Waals surface area contributed by atoms with Crippen LogP contribution in [0.15, 0.2) is 127 Å². The molecule has 0 N–H and O–H groups in total. The van der Waals surface area contributed by atoms with Gasteiger partial charge in [-0.05, 0) is 192 Å². The van der Waals surface area contributed by atoms with Crippen LogP contribution in [0.25, 0.3) is 0 Å². The number of hydrogen-bond donors (Lipinski definition) is 0. The smallest absolute Gasteiger partial charge is 0.307 e. The van der Waals surface area contributed by atoms with Gasteiger partial charge in [-0.3, -0.25) is 32.4 Å². The summed E-state index contributed by atoms with van der Waals surface area (Å²) >= 11 is 6.79. The van der Waals surface area contributed by atoms with E-state index >= 15 is 0 Å². The standard InChI is InChI=1S/C39H63N7Si2.C15H25ClN2Si.C11H17N/c1-15-41(47-43(36(3,4)5)34(44(47)37(6,7)8)30-24-19-17-20-25-30)32-28-23-29-33(40-32)42(16-2)48-45(38(9,10)11)35(46(48)39(12,13)14)31-26-21-18-22-27-31;1-14(2,3)17-13(12-10-8-7-9-11-12)18(19(17)16)15(4,5)6;1-3-6-10-8-5-9-11(12-10)7-4-2/h17-29,34-35,47-48H,15-16H2,1-14H3;7-11,13,19H,1-6H3;5,8-9H,3-4,6-7H2,1-2H3. The maximum Gasteiger partial charge on any atom is 0.307 e. The summed E-state index contributed by atoms with van der Waals surface area (Å²) in [7, 11) is -5.24. The minimum atomic E-state index is -1.85. The summed E-state index contributed by atoms with van der Waals surface area (Å²) in [4.78, 5) is 10.1. The van der Waals surface area contributed by atoms with Crippen molar-refractivity contribution in [2.75, 3.05) is 22.2 Å². The van der Waals surface area contributed by atoms with E-state index in [4.69, 9.17) is 16.1 Å². The highest BCUT2D eigenvalue weighted by atomic mass is 35.6. The highest BCUT2D eigenvalue weighted by molar-refractivity contribution is 7.05. The third-order valence-electron chi connectivity index (χ3n) is 15.4. The molecule has 14 heteroatoms. The van der Waals surface area contributed by atoms with Crippen molar-refractivity contribution >= 4 is 49.7 Å². The quantitative estimate of drug-likeness (QED) is 0.0842. The number of rotatable bonds is 13. The molecule has 0 aliphatic carbocycles. The average Bonchev–Trinajstić information content (AvgIpc) is 3.54.